The maximum absolute atomic E-state index is 12.6. The van der Waals surface area contributed by atoms with Gasteiger partial charge in [0.15, 0.2) is 5.43 Å². The van der Waals surface area contributed by atoms with Crippen LogP contribution in [0.3, 0.4) is 0 Å². The molecule has 0 saturated carbocycles. The summed E-state index contributed by atoms with van der Waals surface area (Å²) in [7, 11) is 1.61. The third-order valence-electron chi connectivity index (χ3n) is 6.63. The van der Waals surface area contributed by atoms with Crippen LogP contribution in [0, 0.1) is 11.3 Å². The van der Waals surface area contributed by atoms with E-state index in [2.05, 4.69) is 31.5 Å². The van der Waals surface area contributed by atoms with E-state index in [0.717, 1.165) is 35.1 Å². The quantitative estimate of drug-likeness (QED) is 0.586. The Bertz CT molecular complexity index is 1250. The third kappa shape index (κ3) is 4.08. The Kier molecular flexibility index (Phi) is 6.24. The van der Waals surface area contributed by atoms with Gasteiger partial charge in [-0.25, -0.2) is 4.79 Å². The van der Waals surface area contributed by atoms with Crippen molar-refractivity contribution in [2.24, 2.45) is 0 Å². The summed E-state index contributed by atoms with van der Waals surface area (Å²) in [5.41, 5.74) is 3.20. The number of aromatic carboxylic acids is 1. The van der Waals surface area contributed by atoms with Gasteiger partial charge < -0.3 is 14.6 Å². The number of carboxylic acid groups (broad SMARTS) is 1. The number of hydrogen-bond donors (Lipinski definition) is 1. The van der Waals surface area contributed by atoms with Crippen LogP contribution in [0.1, 0.15) is 67.1 Å². The first kappa shape index (κ1) is 23.6. The van der Waals surface area contributed by atoms with Crippen molar-refractivity contribution >= 4 is 5.97 Å². The molecular formula is C26H29N3O5. The molecule has 1 atom stereocenters. The molecule has 1 N–H and O–H groups in total. The Morgan fingerprint density at radius 1 is 1.35 bits per heavy atom. The molecule has 34 heavy (non-hydrogen) atoms. The van der Waals surface area contributed by atoms with Crippen LogP contribution in [0.5, 0.6) is 5.75 Å². The van der Waals surface area contributed by atoms with E-state index in [1.54, 1.807) is 7.11 Å². The third-order valence-corrected chi connectivity index (χ3v) is 6.63. The van der Waals surface area contributed by atoms with Gasteiger partial charge in [-0.1, -0.05) is 6.58 Å². The normalized spacial score (nSPS) is 17.4. The van der Waals surface area contributed by atoms with Crippen LogP contribution in [0.4, 0.5) is 0 Å². The monoisotopic (exact) mass is 463 g/mol. The fraction of sp³-hybridized carbons (Fsp3) is 0.423. The van der Waals surface area contributed by atoms with Gasteiger partial charge in [0, 0.05) is 36.9 Å². The first-order valence-electron chi connectivity index (χ1n) is 11.3. The molecule has 3 heterocycles. The Hall–Kier alpha value is -3.57. The van der Waals surface area contributed by atoms with Crippen LogP contribution in [-0.2, 0) is 11.3 Å². The second kappa shape index (κ2) is 8.99. The highest BCUT2D eigenvalue weighted by Crippen LogP contribution is 2.49. The van der Waals surface area contributed by atoms with Gasteiger partial charge in [0.2, 0.25) is 0 Å². The zero-order chi connectivity index (χ0) is 24.6. The number of methoxy groups -OCH3 is 1. The largest absolute Gasteiger partial charge is 0.489 e. The maximum Gasteiger partial charge on any atom is 0.341 e. The van der Waals surface area contributed by atoms with Crippen molar-refractivity contribution in [2.45, 2.75) is 57.7 Å². The zero-order valence-corrected chi connectivity index (χ0v) is 19.8. The molecule has 1 aromatic carbocycles. The van der Waals surface area contributed by atoms with Gasteiger partial charge in [0.1, 0.15) is 17.9 Å². The van der Waals surface area contributed by atoms with Crippen molar-refractivity contribution in [3.63, 3.8) is 0 Å². The highest BCUT2D eigenvalue weighted by atomic mass is 16.5. The summed E-state index contributed by atoms with van der Waals surface area (Å²) >= 11 is 0. The minimum atomic E-state index is -1.24. The Morgan fingerprint density at radius 2 is 2.12 bits per heavy atom. The summed E-state index contributed by atoms with van der Waals surface area (Å²) in [5.74, 6) is -0.554. The number of nitrogens with zero attached hydrogens (tertiary/aromatic N) is 3. The fourth-order valence-electron chi connectivity index (χ4n) is 4.97. The van der Waals surface area contributed by atoms with Crippen LogP contribution in [0.25, 0.3) is 11.3 Å². The maximum atomic E-state index is 12.6. The summed E-state index contributed by atoms with van der Waals surface area (Å²) in [6.45, 7) is 8.86. The average Bonchev–Trinajstić information content (AvgIpc) is 3.11. The number of pyridine rings is 1. The van der Waals surface area contributed by atoms with Crippen molar-refractivity contribution in [1.82, 2.24) is 4.68 Å². The molecule has 0 radical (unpaired) electrons. The molecule has 0 bridgehead atoms. The number of ether oxygens (including phenoxy) is 2. The molecule has 1 saturated heterocycles. The Morgan fingerprint density at radius 3 is 2.79 bits per heavy atom. The smallest absolute Gasteiger partial charge is 0.341 e. The molecule has 4 rings (SSSR count). The topological polar surface area (TPSA) is 105 Å². The molecule has 1 aromatic heterocycles. The lowest BCUT2D eigenvalue weighted by Gasteiger charge is -2.44. The minimum absolute atomic E-state index is 0.00221. The number of aromatic nitrogens is 1. The highest BCUT2D eigenvalue weighted by Gasteiger charge is 2.45. The van der Waals surface area contributed by atoms with Crippen LogP contribution in [0.15, 0.2) is 41.3 Å². The average molecular weight is 464 g/mol. The van der Waals surface area contributed by atoms with Gasteiger partial charge in [0.25, 0.3) is 0 Å². The van der Waals surface area contributed by atoms with E-state index >= 15 is 0 Å². The Balaban J connectivity index is 1.85. The van der Waals surface area contributed by atoms with E-state index in [-0.39, 0.29) is 17.1 Å². The summed E-state index contributed by atoms with van der Waals surface area (Å²) in [6, 6.07) is 7.52. The van der Waals surface area contributed by atoms with Crippen LogP contribution >= 0.6 is 0 Å². The van der Waals surface area contributed by atoms with Gasteiger partial charge in [-0.05, 0) is 56.4 Å². The van der Waals surface area contributed by atoms with E-state index in [9.17, 15) is 14.7 Å². The molecule has 0 unspecified atom stereocenters. The lowest BCUT2D eigenvalue weighted by atomic mass is 9.92. The van der Waals surface area contributed by atoms with Crippen molar-refractivity contribution in [3.05, 3.63) is 63.5 Å². The second-order valence-corrected chi connectivity index (χ2v) is 9.47. The van der Waals surface area contributed by atoms with Crippen molar-refractivity contribution in [3.8, 4) is 23.1 Å². The standard InChI is InChI=1S/C26H29N3O5/c1-16(6-5-9-27)14-34-24-11-19-18(10-17(24)15-33-4)22-12-23(30)20(25(31)32)13-28(22)29-21(19)7-8-26(29,2)3/h10-13,21H,1,5-8,14-15H2,2-4H3,(H,31,32)/t21-/m1/s1. The number of hydrogen-bond acceptors (Lipinski definition) is 6. The highest BCUT2D eigenvalue weighted by molar-refractivity contribution is 5.88. The fourth-order valence-corrected chi connectivity index (χ4v) is 4.97. The number of carbonyl (C=O) groups is 1. The summed E-state index contributed by atoms with van der Waals surface area (Å²) in [5, 5.41) is 20.5. The van der Waals surface area contributed by atoms with Gasteiger partial charge in [-0.2, -0.15) is 5.26 Å². The number of rotatable bonds is 8. The molecule has 2 aromatic rings. The molecule has 8 nitrogen and oxygen atoms in total. The van der Waals surface area contributed by atoms with Gasteiger partial charge in [-0.15, -0.1) is 0 Å². The molecular weight excluding hydrogens is 434 g/mol. The zero-order valence-electron chi connectivity index (χ0n) is 19.8. The molecule has 178 valence electrons. The summed E-state index contributed by atoms with van der Waals surface area (Å²) in [4.78, 5) is 24.3. The lowest BCUT2D eigenvalue weighted by Crippen LogP contribution is -2.50. The lowest BCUT2D eigenvalue weighted by molar-refractivity contribution is 0.0694. The number of nitriles is 1. The molecule has 2 aliphatic heterocycles. The minimum Gasteiger partial charge on any atom is -0.489 e. The number of benzene rings is 1. The second-order valence-electron chi connectivity index (χ2n) is 9.47. The van der Waals surface area contributed by atoms with Crippen LogP contribution in [0.2, 0.25) is 0 Å². The number of fused-ring (bicyclic) bond motifs is 6. The van der Waals surface area contributed by atoms with Crippen LogP contribution < -0.4 is 15.2 Å². The van der Waals surface area contributed by atoms with E-state index in [1.807, 2.05) is 16.8 Å². The Labute approximate surface area is 198 Å². The molecule has 2 aliphatic rings. The van der Waals surface area contributed by atoms with Gasteiger partial charge >= 0.3 is 5.97 Å². The first-order valence-corrected chi connectivity index (χ1v) is 11.3. The van der Waals surface area contributed by atoms with E-state index < -0.39 is 11.4 Å². The molecule has 1 fully saturated rings. The first-order chi connectivity index (χ1) is 16.2. The predicted octanol–water partition coefficient (Wildman–Crippen LogP) is 4.16. The molecule has 0 amide bonds. The van der Waals surface area contributed by atoms with E-state index in [4.69, 9.17) is 14.7 Å². The number of carboxylic acids is 1. The van der Waals surface area contributed by atoms with Gasteiger partial charge in [-0.3, -0.25) is 14.5 Å². The van der Waals surface area contributed by atoms with E-state index in [0.29, 0.717) is 37.5 Å². The van der Waals surface area contributed by atoms with E-state index in [1.165, 1.54) is 12.3 Å². The molecule has 8 heteroatoms. The molecule has 0 aliphatic carbocycles. The van der Waals surface area contributed by atoms with Crippen molar-refractivity contribution in [2.75, 3.05) is 18.7 Å². The predicted molar refractivity (Wildman–Crippen MR) is 128 cm³/mol. The SMILES string of the molecule is C=C(CCC#N)COc1cc2c(cc1COC)-c1cc(=O)c(C(=O)O)cn1N1[C@@H]2CCC1(C)C. The summed E-state index contributed by atoms with van der Waals surface area (Å²) < 4.78 is 13.4. The van der Waals surface area contributed by atoms with Crippen molar-refractivity contribution in [1.29, 1.82) is 5.26 Å². The van der Waals surface area contributed by atoms with Crippen LogP contribution in [-0.4, -0.2) is 35.0 Å². The summed E-state index contributed by atoms with van der Waals surface area (Å²) in [6.07, 6.45) is 4.21. The van der Waals surface area contributed by atoms with Crippen molar-refractivity contribution < 1.29 is 19.4 Å². The van der Waals surface area contributed by atoms with Gasteiger partial charge in [0.05, 0.1) is 30.0 Å². The molecule has 0 spiro atoms.